The zero-order valence-corrected chi connectivity index (χ0v) is 14.0. The van der Waals surface area contributed by atoms with Crippen molar-refractivity contribution in [3.8, 4) is 0 Å². The summed E-state index contributed by atoms with van der Waals surface area (Å²) in [4.78, 5) is 1.93. The second kappa shape index (κ2) is 8.53. The summed E-state index contributed by atoms with van der Waals surface area (Å²) in [6, 6.07) is 0. The summed E-state index contributed by atoms with van der Waals surface area (Å²) < 4.78 is 0. The molecule has 1 aliphatic rings. The van der Waals surface area contributed by atoms with Crippen LogP contribution in [0, 0.1) is 0 Å². The van der Waals surface area contributed by atoms with Crippen LogP contribution in [-0.2, 0) is 0 Å². The van der Waals surface area contributed by atoms with E-state index < -0.39 is 0 Å². The Morgan fingerprint density at radius 3 is 1.62 bits per heavy atom. The van der Waals surface area contributed by atoms with E-state index in [0.717, 1.165) is 31.8 Å². The lowest BCUT2D eigenvalue weighted by molar-refractivity contribution is 0.787. The molecule has 0 bridgehead atoms. The smallest absolute Gasteiger partial charge is 0.0281 e. The standard InChI is InChI=1S/C6H12S3.C4H4S3/c7-3-5-1-2-6(4-8)9-5;5-3-1-7-2-4(3)6/h5-8H,1-4H2;1-2,5-6H. The molecule has 0 aromatic carbocycles. The highest BCUT2D eigenvalue weighted by atomic mass is 32.2. The number of hydrogen-bond donors (Lipinski definition) is 4. The zero-order valence-electron chi connectivity index (χ0n) is 8.74. The number of rotatable bonds is 2. The van der Waals surface area contributed by atoms with Crippen LogP contribution in [0.4, 0.5) is 0 Å². The third-order valence-electron chi connectivity index (χ3n) is 2.22. The molecule has 2 rings (SSSR count). The Morgan fingerprint density at radius 1 is 1.00 bits per heavy atom. The lowest BCUT2D eigenvalue weighted by Gasteiger charge is -2.04. The average Bonchev–Trinajstić information content (AvgIpc) is 2.89. The van der Waals surface area contributed by atoms with Gasteiger partial charge in [0.05, 0.1) is 0 Å². The number of hydrogen-bond acceptors (Lipinski definition) is 6. The molecule has 2 unspecified atom stereocenters. The fourth-order valence-electron chi connectivity index (χ4n) is 1.33. The van der Waals surface area contributed by atoms with E-state index in [4.69, 9.17) is 0 Å². The van der Waals surface area contributed by atoms with Gasteiger partial charge in [0.15, 0.2) is 0 Å². The van der Waals surface area contributed by atoms with Gasteiger partial charge in [0.2, 0.25) is 0 Å². The first-order chi connectivity index (χ1) is 7.67. The van der Waals surface area contributed by atoms with Crippen molar-refractivity contribution in [3.63, 3.8) is 0 Å². The van der Waals surface area contributed by atoms with Gasteiger partial charge in [0.1, 0.15) is 0 Å². The molecule has 0 spiro atoms. The minimum atomic E-state index is 0.811. The van der Waals surface area contributed by atoms with Gasteiger partial charge in [0, 0.05) is 42.6 Å². The molecular formula is C10H16S6. The van der Waals surface area contributed by atoms with Crippen molar-refractivity contribution in [3.05, 3.63) is 10.8 Å². The molecule has 0 aliphatic carbocycles. The quantitative estimate of drug-likeness (QED) is 0.582. The fraction of sp³-hybridized carbons (Fsp3) is 0.600. The Bertz CT molecular complexity index is 271. The van der Waals surface area contributed by atoms with E-state index in [0.29, 0.717) is 0 Å². The Labute approximate surface area is 128 Å². The molecule has 0 N–H and O–H groups in total. The Balaban J connectivity index is 0.000000165. The van der Waals surface area contributed by atoms with Crippen molar-refractivity contribution < 1.29 is 0 Å². The molecular weight excluding hydrogens is 313 g/mol. The highest BCUT2D eigenvalue weighted by molar-refractivity contribution is 8.02. The highest BCUT2D eigenvalue weighted by Gasteiger charge is 2.22. The molecule has 0 amide bonds. The molecule has 1 fully saturated rings. The van der Waals surface area contributed by atoms with E-state index >= 15 is 0 Å². The van der Waals surface area contributed by atoms with Crippen LogP contribution in [0.25, 0.3) is 0 Å². The minimum Gasteiger partial charge on any atom is -0.178 e. The van der Waals surface area contributed by atoms with Crippen molar-refractivity contribution in [2.45, 2.75) is 33.1 Å². The number of thioether (sulfide) groups is 1. The van der Waals surface area contributed by atoms with Gasteiger partial charge in [-0.1, -0.05) is 0 Å². The van der Waals surface area contributed by atoms with E-state index in [-0.39, 0.29) is 0 Å². The van der Waals surface area contributed by atoms with Crippen molar-refractivity contribution in [2.24, 2.45) is 0 Å². The zero-order chi connectivity index (χ0) is 12.0. The molecule has 2 heterocycles. The van der Waals surface area contributed by atoms with Crippen molar-refractivity contribution >= 4 is 73.6 Å². The first kappa shape index (κ1) is 15.5. The molecule has 92 valence electrons. The maximum absolute atomic E-state index is 4.25. The molecule has 0 radical (unpaired) electrons. The summed E-state index contributed by atoms with van der Waals surface area (Å²) in [5, 5.41) is 5.52. The van der Waals surface area contributed by atoms with E-state index in [9.17, 15) is 0 Å². The van der Waals surface area contributed by atoms with E-state index in [1.165, 1.54) is 12.8 Å². The SMILES string of the molecule is SCC1CCC(CS)S1.Sc1cscc1S. The second-order valence-corrected chi connectivity index (χ2v) is 7.51. The largest absolute Gasteiger partial charge is 0.178 e. The maximum atomic E-state index is 4.25. The summed E-state index contributed by atoms with van der Waals surface area (Å²) in [5.41, 5.74) is 0. The first-order valence-corrected chi connectivity index (χ1v) is 9.03. The Morgan fingerprint density at radius 2 is 1.44 bits per heavy atom. The van der Waals surface area contributed by atoms with Gasteiger partial charge in [-0.2, -0.15) is 48.4 Å². The van der Waals surface area contributed by atoms with Gasteiger partial charge in [-0.15, -0.1) is 25.3 Å². The summed E-state index contributed by atoms with van der Waals surface area (Å²) in [6.07, 6.45) is 2.69. The molecule has 0 saturated carbocycles. The van der Waals surface area contributed by atoms with Crippen molar-refractivity contribution in [1.29, 1.82) is 0 Å². The first-order valence-electron chi connectivity index (χ1n) is 4.98. The fourth-order valence-corrected chi connectivity index (χ4v) is 4.72. The Hall–Kier alpha value is 1.45. The minimum absolute atomic E-state index is 0.811. The van der Waals surface area contributed by atoms with Crippen LogP contribution >= 0.6 is 73.6 Å². The predicted octanol–water partition coefficient (Wildman–Crippen LogP) is 4.44. The monoisotopic (exact) mass is 328 g/mol. The lowest BCUT2D eigenvalue weighted by Crippen LogP contribution is -1.99. The van der Waals surface area contributed by atoms with Crippen LogP contribution in [0.1, 0.15) is 12.8 Å². The van der Waals surface area contributed by atoms with Crippen molar-refractivity contribution in [1.82, 2.24) is 0 Å². The van der Waals surface area contributed by atoms with Gasteiger partial charge >= 0.3 is 0 Å². The lowest BCUT2D eigenvalue weighted by atomic mass is 10.2. The van der Waals surface area contributed by atoms with Crippen LogP contribution in [0.3, 0.4) is 0 Å². The molecule has 0 nitrogen and oxygen atoms in total. The van der Waals surface area contributed by atoms with Gasteiger partial charge in [-0.05, 0) is 12.8 Å². The molecule has 2 atom stereocenters. The van der Waals surface area contributed by atoms with Crippen LogP contribution in [0.2, 0.25) is 0 Å². The maximum Gasteiger partial charge on any atom is 0.0281 e. The molecule has 1 saturated heterocycles. The van der Waals surface area contributed by atoms with Crippen LogP contribution in [0.15, 0.2) is 20.6 Å². The van der Waals surface area contributed by atoms with Gasteiger partial charge in [-0.3, -0.25) is 0 Å². The summed E-state index contributed by atoms with van der Waals surface area (Å²) >= 11 is 20.3. The van der Waals surface area contributed by atoms with E-state index in [1.807, 2.05) is 10.8 Å². The molecule has 16 heavy (non-hydrogen) atoms. The van der Waals surface area contributed by atoms with Crippen LogP contribution in [0.5, 0.6) is 0 Å². The molecule has 1 aliphatic heterocycles. The predicted molar refractivity (Wildman–Crippen MR) is 90.9 cm³/mol. The normalized spacial score (nSPS) is 24.0. The van der Waals surface area contributed by atoms with Gasteiger partial charge < -0.3 is 0 Å². The van der Waals surface area contributed by atoms with Crippen molar-refractivity contribution in [2.75, 3.05) is 11.5 Å². The third-order valence-corrected chi connectivity index (χ3v) is 7.18. The number of thiophene rings is 1. The summed E-state index contributed by atoms with van der Waals surface area (Å²) in [5.74, 6) is 2.07. The number of thiol groups is 4. The second-order valence-electron chi connectivity index (χ2n) is 3.46. The third kappa shape index (κ3) is 5.40. The Kier molecular flexibility index (Phi) is 8.27. The summed E-state index contributed by atoms with van der Waals surface area (Å²) in [7, 11) is 0. The van der Waals surface area contributed by atoms with E-state index in [2.05, 4.69) is 62.3 Å². The highest BCUT2D eigenvalue weighted by Crippen LogP contribution is 2.34. The topological polar surface area (TPSA) is 0 Å². The van der Waals surface area contributed by atoms with E-state index in [1.54, 1.807) is 11.3 Å². The molecule has 1 aromatic rings. The molecule has 6 heteroatoms. The summed E-state index contributed by atoms with van der Waals surface area (Å²) in [6.45, 7) is 0. The average molecular weight is 329 g/mol. The van der Waals surface area contributed by atoms with Gasteiger partial charge in [-0.25, -0.2) is 0 Å². The van der Waals surface area contributed by atoms with Crippen LogP contribution < -0.4 is 0 Å². The van der Waals surface area contributed by atoms with Crippen LogP contribution in [-0.4, -0.2) is 22.0 Å². The van der Waals surface area contributed by atoms with Gasteiger partial charge in [0.25, 0.3) is 0 Å². The molecule has 1 aromatic heterocycles.